The molecule has 1 aliphatic carbocycles. The Balaban J connectivity index is 2.04. The highest BCUT2D eigenvalue weighted by molar-refractivity contribution is 5.99. The van der Waals surface area contributed by atoms with Crippen LogP contribution in [-0.2, 0) is 0 Å². The first-order valence-corrected chi connectivity index (χ1v) is 6.21. The molecule has 1 aliphatic rings. The lowest BCUT2D eigenvalue weighted by Gasteiger charge is -2.34. The number of nitrogens with one attached hydrogen (secondary N) is 1. The van der Waals surface area contributed by atoms with Crippen LogP contribution < -0.4 is 14.8 Å². The molecule has 20 heavy (non-hydrogen) atoms. The van der Waals surface area contributed by atoms with Crippen molar-refractivity contribution in [3.05, 3.63) is 17.8 Å². The van der Waals surface area contributed by atoms with Gasteiger partial charge in [-0.15, -0.1) is 0 Å². The summed E-state index contributed by atoms with van der Waals surface area (Å²) in [6.45, 7) is 1.42. The second-order valence-corrected chi connectivity index (χ2v) is 4.61. The summed E-state index contributed by atoms with van der Waals surface area (Å²) in [5.41, 5.74) is 0.310. The number of pyridine rings is 1. The standard InChI is InChI=1S/C13H16N2O5/c1-7(16)11-10(19-2)3-4-14-12(11)20-9-5-8(6-9)15-13(17)18/h3-4,8-9,15H,5-6H2,1-2H3,(H,17,18)/t8-,9-. The summed E-state index contributed by atoms with van der Waals surface area (Å²) >= 11 is 0. The fourth-order valence-electron chi connectivity index (χ4n) is 2.12. The lowest BCUT2D eigenvalue weighted by Crippen LogP contribution is -2.48. The lowest BCUT2D eigenvalue weighted by atomic mass is 9.89. The van der Waals surface area contributed by atoms with E-state index in [-0.39, 0.29) is 23.8 Å². The van der Waals surface area contributed by atoms with E-state index in [0.29, 0.717) is 24.2 Å². The van der Waals surface area contributed by atoms with Crippen LogP contribution in [0.3, 0.4) is 0 Å². The molecule has 7 nitrogen and oxygen atoms in total. The number of ketones is 1. The van der Waals surface area contributed by atoms with Gasteiger partial charge in [-0.05, 0) is 13.0 Å². The molecule has 1 fully saturated rings. The van der Waals surface area contributed by atoms with Crippen LogP contribution in [0.15, 0.2) is 12.3 Å². The molecule has 1 amide bonds. The van der Waals surface area contributed by atoms with E-state index in [2.05, 4.69) is 10.3 Å². The second kappa shape index (κ2) is 5.77. The number of hydrogen-bond donors (Lipinski definition) is 2. The number of carboxylic acid groups (broad SMARTS) is 1. The number of aromatic nitrogens is 1. The Kier molecular flexibility index (Phi) is 4.07. The van der Waals surface area contributed by atoms with Gasteiger partial charge < -0.3 is 19.9 Å². The summed E-state index contributed by atoms with van der Waals surface area (Å²) in [6, 6.07) is 1.49. The van der Waals surface area contributed by atoms with Crippen LogP contribution >= 0.6 is 0 Å². The van der Waals surface area contributed by atoms with Crippen LogP contribution in [-0.4, -0.2) is 41.2 Å². The average molecular weight is 280 g/mol. The topological polar surface area (TPSA) is 97.8 Å². The minimum absolute atomic E-state index is 0.108. The van der Waals surface area contributed by atoms with E-state index in [1.165, 1.54) is 20.2 Å². The first-order chi connectivity index (χ1) is 9.51. The van der Waals surface area contributed by atoms with Crippen molar-refractivity contribution in [2.24, 2.45) is 0 Å². The predicted molar refractivity (Wildman–Crippen MR) is 69.4 cm³/mol. The van der Waals surface area contributed by atoms with Gasteiger partial charge in [0.25, 0.3) is 0 Å². The summed E-state index contributed by atoms with van der Waals surface area (Å²) in [7, 11) is 1.47. The van der Waals surface area contributed by atoms with Crippen molar-refractivity contribution >= 4 is 11.9 Å². The zero-order valence-corrected chi connectivity index (χ0v) is 11.3. The molecule has 0 saturated heterocycles. The van der Waals surface area contributed by atoms with E-state index in [9.17, 15) is 9.59 Å². The molecule has 0 aliphatic heterocycles. The van der Waals surface area contributed by atoms with Gasteiger partial charge in [-0.2, -0.15) is 0 Å². The van der Waals surface area contributed by atoms with Crippen molar-refractivity contribution in [2.45, 2.75) is 31.9 Å². The molecule has 0 spiro atoms. The zero-order valence-electron chi connectivity index (χ0n) is 11.3. The molecular weight excluding hydrogens is 264 g/mol. The largest absolute Gasteiger partial charge is 0.496 e. The van der Waals surface area contributed by atoms with Crippen LogP contribution in [0.1, 0.15) is 30.1 Å². The number of rotatable bonds is 5. The molecule has 1 heterocycles. The summed E-state index contributed by atoms with van der Waals surface area (Å²) in [4.78, 5) is 26.2. The molecule has 108 valence electrons. The van der Waals surface area contributed by atoms with Crippen molar-refractivity contribution in [1.29, 1.82) is 0 Å². The monoisotopic (exact) mass is 280 g/mol. The Morgan fingerprint density at radius 1 is 1.45 bits per heavy atom. The molecule has 2 rings (SSSR count). The van der Waals surface area contributed by atoms with Crippen LogP contribution in [0.25, 0.3) is 0 Å². The third kappa shape index (κ3) is 2.98. The molecule has 7 heteroatoms. The summed E-state index contributed by atoms with van der Waals surface area (Å²) in [5.74, 6) is 0.460. The van der Waals surface area contributed by atoms with E-state index < -0.39 is 6.09 Å². The minimum Gasteiger partial charge on any atom is -0.496 e. The Labute approximate surface area is 115 Å². The normalized spacial score (nSPS) is 20.7. The fourth-order valence-corrected chi connectivity index (χ4v) is 2.12. The smallest absolute Gasteiger partial charge is 0.404 e. The maximum Gasteiger partial charge on any atom is 0.404 e. The molecule has 1 saturated carbocycles. The van der Waals surface area contributed by atoms with Crippen LogP contribution in [0.5, 0.6) is 11.6 Å². The molecule has 1 aromatic rings. The third-order valence-electron chi connectivity index (χ3n) is 3.15. The third-order valence-corrected chi connectivity index (χ3v) is 3.15. The van der Waals surface area contributed by atoms with Crippen molar-refractivity contribution in [1.82, 2.24) is 10.3 Å². The van der Waals surface area contributed by atoms with Gasteiger partial charge in [-0.25, -0.2) is 9.78 Å². The van der Waals surface area contributed by atoms with Gasteiger partial charge in [-0.1, -0.05) is 0 Å². The molecule has 0 radical (unpaired) electrons. The number of carbonyl (C=O) groups is 2. The SMILES string of the molecule is COc1ccnc(O[C@H]2C[C@H](NC(=O)O)C2)c1C(C)=O. The van der Waals surface area contributed by atoms with Crippen molar-refractivity contribution in [2.75, 3.05) is 7.11 Å². The summed E-state index contributed by atoms with van der Waals surface area (Å²) in [6.07, 6.45) is 1.43. The van der Waals surface area contributed by atoms with E-state index in [0.717, 1.165) is 0 Å². The van der Waals surface area contributed by atoms with Crippen LogP contribution in [0.2, 0.25) is 0 Å². The highest BCUT2D eigenvalue weighted by Crippen LogP contribution is 2.31. The lowest BCUT2D eigenvalue weighted by molar-refractivity contribution is 0.0768. The molecular formula is C13H16N2O5. The predicted octanol–water partition coefficient (Wildman–Crippen LogP) is 1.47. The van der Waals surface area contributed by atoms with Crippen molar-refractivity contribution < 1.29 is 24.2 Å². The van der Waals surface area contributed by atoms with Crippen molar-refractivity contribution in [3.8, 4) is 11.6 Å². The van der Waals surface area contributed by atoms with E-state index in [1.807, 2.05) is 0 Å². The number of amides is 1. The quantitative estimate of drug-likeness (QED) is 0.793. The number of Topliss-reactive ketones (excluding diaryl/α,β-unsaturated/α-hetero) is 1. The highest BCUT2D eigenvalue weighted by atomic mass is 16.5. The Morgan fingerprint density at radius 2 is 2.15 bits per heavy atom. The molecule has 2 N–H and O–H groups in total. The fraction of sp³-hybridized carbons (Fsp3) is 0.462. The van der Waals surface area contributed by atoms with Gasteiger partial charge in [0, 0.05) is 25.1 Å². The molecule has 0 atom stereocenters. The molecule has 0 unspecified atom stereocenters. The number of hydrogen-bond acceptors (Lipinski definition) is 5. The summed E-state index contributed by atoms with van der Waals surface area (Å²) < 4.78 is 10.8. The maximum absolute atomic E-state index is 11.7. The highest BCUT2D eigenvalue weighted by Gasteiger charge is 2.33. The number of methoxy groups -OCH3 is 1. The van der Waals surface area contributed by atoms with Gasteiger partial charge in [0.05, 0.1) is 7.11 Å². The van der Waals surface area contributed by atoms with Crippen molar-refractivity contribution in [3.63, 3.8) is 0 Å². The average Bonchev–Trinajstić information content (AvgIpc) is 2.34. The maximum atomic E-state index is 11.7. The first kappa shape index (κ1) is 14.1. The van der Waals surface area contributed by atoms with E-state index in [1.54, 1.807) is 6.07 Å². The van der Waals surface area contributed by atoms with Crippen LogP contribution in [0.4, 0.5) is 4.79 Å². The molecule has 0 aromatic carbocycles. The molecule has 1 aromatic heterocycles. The Hall–Kier alpha value is -2.31. The molecule has 0 bridgehead atoms. The number of carbonyl (C=O) groups excluding carboxylic acids is 1. The van der Waals surface area contributed by atoms with Gasteiger partial charge in [-0.3, -0.25) is 4.79 Å². The zero-order chi connectivity index (χ0) is 14.7. The summed E-state index contributed by atoms with van der Waals surface area (Å²) in [5, 5.41) is 11.0. The van der Waals surface area contributed by atoms with Gasteiger partial charge >= 0.3 is 6.09 Å². The van der Waals surface area contributed by atoms with Crippen LogP contribution in [0, 0.1) is 0 Å². The first-order valence-electron chi connectivity index (χ1n) is 6.21. The second-order valence-electron chi connectivity index (χ2n) is 4.61. The Morgan fingerprint density at radius 3 is 2.70 bits per heavy atom. The van der Waals surface area contributed by atoms with Gasteiger partial charge in [0.1, 0.15) is 17.4 Å². The van der Waals surface area contributed by atoms with E-state index in [4.69, 9.17) is 14.6 Å². The van der Waals surface area contributed by atoms with E-state index >= 15 is 0 Å². The number of ether oxygens (including phenoxy) is 2. The van der Waals surface area contributed by atoms with Gasteiger partial charge in [0.15, 0.2) is 5.78 Å². The van der Waals surface area contributed by atoms with Gasteiger partial charge in [0.2, 0.25) is 5.88 Å². The number of nitrogens with zero attached hydrogens (tertiary/aromatic N) is 1. The Bertz CT molecular complexity index is 525. The minimum atomic E-state index is -1.04.